The first-order valence-electron chi connectivity index (χ1n) is 52.4. The topological polar surface area (TPSA) is 354 Å². The van der Waals surface area contributed by atoms with Crippen molar-refractivity contribution in [1.29, 1.82) is 0 Å². The van der Waals surface area contributed by atoms with Gasteiger partial charge in [0.2, 0.25) is 0 Å². The number of piperidine rings is 6. The molecule has 1 aromatic carbocycles. The molecule has 0 aromatic heterocycles. The second-order valence-electron chi connectivity index (χ2n) is 48.8. The Morgan fingerprint density at radius 1 is 0.248 bits per heavy atom. The number of benzene rings is 1. The van der Waals surface area contributed by atoms with Crippen molar-refractivity contribution in [2.24, 2.45) is 16.2 Å². The minimum absolute atomic E-state index is 0.0267. The van der Waals surface area contributed by atoms with Crippen molar-refractivity contribution in [3.8, 4) is 0 Å². The van der Waals surface area contributed by atoms with Crippen LogP contribution in [0.4, 0.5) is 0 Å². The van der Waals surface area contributed by atoms with E-state index in [9.17, 15) is 31.2 Å². The molecule has 0 radical (unpaired) electrons. The third kappa shape index (κ3) is 32.7. The molecule has 6 fully saturated rings. The van der Waals surface area contributed by atoms with E-state index in [2.05, 4.69) is 6.07 Å². The van der Waals surface area contributed by atoms with Crippen LogP contribution in [0, 0.1) is 16.2 Å². The first-order valence-corrected chi connectivity index (χ1v) is 52.4. The van der Waals surface area contributed by atoms with Crippen molar-refractivity contribution in [3.63, 3.8) is 0 Å². The SMILES string of the molecule is CCCCC(CCCc1ccc(CCCC(CCCC)(C(=O)OCCCOC2CC(C)(C)N(O)C(C)(C)C2)C(=O)OCCCOC2CC(C)(C)N(O)C(C)(C)C2)c(CCC(CCCC)(C(=O)OCCCOC2CC(C)(C)N(O)C(C)(C)C2)C(=O)OCCCOC2CC(C)(C)N(O)C(C)(C)C2)c1)(C(=O)OCCCOC1CC(C)(C)N(O)C(C)(C)C1)C(=O)OCCCOC1CC(C)(C)N(O)C(C)(C)C1. The summed E-state index contributed by atoms with van der Waals surface area (Å²) in [4.78, 5) is 92.7. The maximum absolute atomic E-state index is 15.7. The van der Waals surface area contributed by atoms with E-state index in [-0.39, 0.29) is 167 Å². The summed E-state index contributed by atoms with van der Waals surface area (Å²) >= 11 is 0. The van der Waals surface area contributed by atoms with Gasteiger partial charge in [-0.3, -0.25) is 28.8 Å². The number of hydrogen-bond donors (Lipinski definition) is 6. The van der Waals surface area contributed by atoms with E-state index in [1.54, 1.807) is 0 Å². The van der Waals surface area contributed by atoms with Crippen LogP contribution in [0.25, 0.3) is 0 Å². The Morgan fingerprint density at radius 3 is 0.628 bits per heavy atom. The molecule has 0 unspecified atom stereocenters. The fraction of sp³-hybridized carbons (Fsp3) is 0.888. The van der Waals surface area contributed by atoms with Gasteiger partial charge in [0.1, 0.15) is 0 Å². The molecular formula is C107H190N6O24. The van der Waals surface area contributed by atoms with Gasteiger partial charge in [0.15, 0.2) is 16.2 Å². The van der Waals surface area contributed by atoms with Crippen LogP contribution in [0.5, 0.6) is 0 Å². The highest BCUT2D eigenvalue weighted by molar-refractivity contribution is 6.01. The quantitative estimate of drug-likeness (QED) is 0.0153. The van der Waals surface area contributed by atoms with Crippen LogP contribution < -0.4 is 0 Å². The second kappa shape index (κ2) is 50.4. The highest BCUT2D eigenvalue weighted by atomic mass is 16.6. The monoisotopic (exact) mass is 1940 g/mol. The Morgan fingerprint density at radius 2 is 0.431 bits per heavy atom. The molecule has 0 amide bonds. The molecule has 0 bridgehead atoms. The van der Waals surface area contributed by atoms with Gasteiger partial charge in [0, 0.05) is 105 Å². The van der Waals surface area contributed by atoms with E-state index in [1.807, 2.05) is 199 Å². The van der Waals surface area contributed by atoms with E-state index < -0.39 is 119 Å². The number of nitrogens with zero attached hydrogens (tertiary/aromatic N) is 6. The van der Waals surface area contributed by atoms with Crippen molar-refractivity contribution >= 4 is 35.8 Å². The van der Waals surface area contributed by atoms with Gasteiger partial charge in [-0.2, -0.15) is 30.4 Å². The summed E-state index contributed by atoms with van der Waals surface area (Å²) in [6, 6.07) is 6.08. The lowest BCUT2D eigenvalue weighted by Gasteiger charge is -2.51. The molecule has 6 saturated heterocycles. The Balaban J connectivity index is 1.25. The number of aryl methyl sites for hydroxylation is 3. The molecule has 6 heterocycles. The van der Waals surface area contributed by atoms with Gasteiger partial charge < -0.3 is 88.1 Å². The van der Waals surface area contributed by atoms with Crippen LogP contribution in [0.1, 0.15) is 409 Å². The number of hydrogen-bond acceptors (Lipinski definition) is 30. The normalized spacial score (nSPS) is 22.4. The molecule has 1 aromatic rings. The number of unbranched alkanes of at least 4 members (excludes halogenated alkanes) is 3. The molecule has 0 saturated carbocycles. The first-order chi connectivity index (χ1) is 63.6. The van der Waals surface area contributed by atoms with Crippen molar-refractivity contribution < 1.29 is 117 Å². The van der Waals surface area contributed by atoms with Gasteiger partial charge in [-0.1, -0.05) is 77.5 Å². The van der Waals surface area contributed by atoms with Gasteiger partial charge >= 0.3 is 35.8 Å². The highest BCUT2D eigenvalue weighted by Crippen LogP contribution is 2.47. The molecule has 6 aliphatic rings. The number of ether oxygens (including phenoxy) is 12. The molecule has 0 aliphatic carbocycles. The van der Waals surface area contributed by atoms with Crippen molar-refractivity contribution in [3.05, 3.63) is 34.9 Å². The van der Waals surface area contributed by atoms with Crippen LogP contribution in [0.2, 0.25) is 0 Å². The molecule has 0 spiro atoms. The molecule has 0 atom stereocenters. The Bertz CT molecular complexity index is 3630. The van der Waals surface area contributed by atoms with Crippen LogP contribution in [-0.4, -0.2) is 280 Å². The Labute approximate surface area is 824 Å². The lowest BCUT2D eigenvalue weighted by atomic mass is 9.76. The molecule has 7 rings (SSSR count). The zero-order chi connectivity index (χ0) is 102. The van der Waals surface area contributed by atoms with E-state index in [0.29, 0.717) is 173 Å². The smallest absolute Gasteiger partial charge is 0.323 e. The molecule has 30 heteroatoms. The van der Waals surface area contributed by atoms with Crippen molar-refractivity contribution in [2.75, 3.05) is 79.3 Å². The third-order valence-electron chi connectivity index (χ3n) is 30.3. The Kier molecular flexibility index (Phi) is 43.9. The molecule has 30 nitrogen and oxygen atoms in total. The predicted molar refractivity (Wildman–Crippen MR) is 525 cm³/mol. The zero-order valence-corrected chi connectivity index (χ0v) is 90.1. The highest BCUT2D eigenvalue weighted by Gasteiger charge is 2.56. The third-order valence-corrected chi connectivity index (χ3v) is 30.3. The van der Waals surface area contributed by atoms with E-state index in [4.69, 9.17) is 56.8 Å². The first kappa shape index (κ1) is 119. The van der Waals surface area contributed by atoms with Crippen molar-refractivity contribution in [1.82, 2.24) is 30.4 Å². The van der Waals surface area contributed by atoms with Gasteiger partial charge in [-0.15, -0.1) is 0 Å². The van der Waals surface area contributed by atoms with Gasteiger partial charge in [0.25, 0.3) is 0 Å². The summed E-state index contributed by atoms with van der Waals surface area (Å²) in [5, 5.41) is 74.9. The van der Waals surface area contributed by atoms with Gasteiger partial charge in [-0.25, -0.2) is 0 Å². The average Bonchev–Trinajstić information content (AvgIpc) is 0.773. The Hall–Kier alpha value is -4.68. The molecule has 137 heavy (non-hydrogen) atoms. The summed E-state index contributed by atoms with van der Waals surface area (Å²) in [5.41, 5.74) is -9.53. The van der Waals surface area contributed by atoms with Crippen LogP contribution in [0.3, 0.4) is 0 Å². The molecular weight excluding hydrogens is 1750 g/mol. The summed E-state index contributed by atoms with van der Waals surface area (Å²) in [5.74, 6) is -4.24. The maximum Gasteiger partial charge on any atom is 0.323 e. The zero-order valence-electron chi connectivity index (χ0n) is 90.1. The van der Waals surface area contributed by atoms with Crippen LogP contribution in [0.15, 0.2) is 18.2 Å². The number of carbonyl (C=O) groups excluding carboxylic acids is 6. The van der Waals surface area contributed by atoms with Crippen molar-refractivity contribution in [2.45, 2.75) is 515 Å². The largest absolute Gasteiger partial charge is 0.465 e. The number of hydroxylamine groups is 12. The molecule has 6 N–H and O–H groups in total. The van der Waals surface area contributed by atoms with E-state index in [0.717, 1.165) is 16.7 Å². The minimum Gasteiger partial charge on any atom is -0.465 e. The van der Waals surface area contributed by atoms with Crippen LogP contribution in [-0.2, 0) is 105 Å². The number of carbonyl (C=O) groups is 6. The fourth-order valence-corrected chi connectivity index (χ4v) is 23.6. The van der Waals surface area contributed by atoms with Gasteiger partial charge in [0.05, 0.1) is 116 Å². The maximum atomic E-state index is 15.7. The summed E-state index contributed by atoms with van der Waals surface area (Å²) in [6.45, 7) is 54.8. The summed E-state index contributed by atoms with van der Waals surface area (Å²) in [6.07, 6.45) is 13.1. The standard InChI is InChI=1S/C107H190N6O24/c1-28-31-47-105(87(114)132-59-36-53-126-81-66-93(4,5)108(120)94(6,7)67-81,88(115)133-60-37-54-127-82-68-95(8,9)109(121)96(10,11)69-82)50-34-42-78-44-45-79(43-35-51-106(48-32-29-2,89(116)134-61-38-55-128-83-70-97(12,13)110(122)98(14,15)71-83)90(117)135-62-39-56-129-84-72-99(16,17)111(123)100(18,19)73-84)80(65-78)46-52-107(49-33-30-3,91(118)136-63-40-57-130-85-74-101(20,21)112(124)102(22,23)75-85)92(119)137-64-41-58-131-86-76-103(24,25)113(125)104(26,27)77-86/h44-45,65,81-86,120-125H,28-43,46-64,66-77H2,1-27H3. The summed E-state index contributed by atoms with van der Waals surface area (Å²) in [7, 11) is 0. The lowest BCUT2D eigenvalue weighted by Crippen LogP contribution is -2.60. The number of rotatable bonds is 56. The molecule has 6 aliphatic heterocycles. The van der Waals surface area contributed by atoms with E-state index in [1.165, 1.54) is 30.4 Å². The fourth-order valence-electron chi connectivity index (χ4n) is 23.6. The summed E-state index contributed by atoms with van der Waals surface area (Å²) < 4.78 is 76.4. The van der Waals surface area contributed by atoms with E-state index >= 15 is 28.8 Å². The number of esters is 6. The molecule has 792 valence electrons. The van der Waals surface area contributed by atoms with Gasteiger partial charge in [-0.05, 0) is 331 Å². The predicted octanol–water partition coefficient (Wildman–Crippen LogP) is 20.0. The van der Waals surface area contributed by atoms with Crippen LogP contribution >= 0.6 is 0 Å². The average molecular weight is 1940 g/mol. The second-order valence-corrected chi connectivity index (χ2v) is 48.8. The minimum atomic E-state index is -1.84. The lowest BCUT2D eigenvalue weighted by molar-refractivity contribution is -0.261.